The van der Waals surface area contributed by atoms with E-state index in [1.165, 1.54) is 0 Å². The average Bonchev–Trinajstić information content (AvgIpc) is 2.40. The van der Waals surface area contributed by atoms with Gasteiger partial charge in [-0.15, -0.1) is 0 Å². The van der Waals surface area contributed by atoms with Gasteiger partial charge in [-0.05, 0) is 6.07 Å². The Labute approximate surface area is 100 Å². The molecule has 1 aromatic heterocycles. The molecular formula is C14H12N2O. The smallest absolute Gasteiger partial charge is 0.141 e. The summed E-state index contributed by atoms with van der Waals surface area (Å²) in [6.07, 6.45) is 1.99. The number of hydrogen-bond donors (Lipinski definition) is 0. The van der Waals surface area contributed by atoms with Crippen LogP contribution in [-0.2, 0) is 6.42 Å². The van der Waals surface area contributed by atoms with E-state index in [4.69, 9.17) is 10.00 Å². The van der Waals surface area contributed by atoms with Crippen molar-refractivity contribution in [2.24, 2.45) is 0 Å². The molecule has 2 rings (SSSR count). The second kappa shape index (κ2) is 5.13. The first-order valence-corrected chi connectivity index (χ1v) is 5.30. The van der Waals surface area contributed by atoms with Crippen LogP contribution >= 0.6 is 0 Å². The molecule has 1 aromatic carbocycles. The van der Waals surface area contributed by atoms with Gasteiger partial charge < -0.3 is 4.74 Å². The number of benzene rings is 1. The normalized spacial score (nSPS) is 9.65. The Hall–Kier alpha value is -2.34. The van der Waals surface area contributed by atoms with Gasteiger partial charge in [-0.3, -0.25) is 4.98 Å². The van der Waals surface area contributed by atoms with Crippen LogP contribution < -0.4 is 4.74 Å². The van der Waals surface area contributed by atoms with E-state index in [0.29, 0.717) is 12.2 Å². The highest BCUT2D eigenvalue weighted by Gasteiger charge is 2.06. The summed E-state index contributed by atoms with van der Waals surface area (Å²) in [4.78, 5) is 4.33. The Balaban J connectivity index is 2.44. The maximum absolute atomic E-state index is 8.78. The fourth-order valence-corrected chi connectivity index (χ4v) is 1.66. The Kier molecular flexibility index (Phi) is 3.37. The summed E-state index contributed by atoms with van der Waals surface area (Å²) in [5.41, 5.74) is 2.76. The molecular weight excluding hydrogens is 212 g/mol. The minimum absolute atomic E-state index is 0.325. The van der Waals surface area contributed by atoms with Crippen LogP contribution in [0.5, 0.6) is 5.75 Å². The van der Waals surface area contributed by atoms with Gasteiger partial charge in [0.1, 0.15) is 5.75 Å². The number of nitrogens with zero attached hydrogens (tertiary/aromatic N) is 2. The predicted octanol–water partition coefficient (Wildman–Crippen LogP) is 2.82. The molecule has 0 N–H and O–H groups in total. The fraction of sp³-hybridized carbons (Fsp3) is 0.143. The minimum Gasteiger partial charge on any atom is -0.495 e. The average molecular weight is 224 g/mol. The largest absolute Gasteiger partial charge is 0.495 e. The molecule has 0 atom stereocenters. The lowest BCUT2D eigenvalue weighted by Crippen LogP contribution is -1.94. The highest BCUT2D eigenvalue weighted by Crippen LogP contribution is 2.24. The zero-order valence-corrected chi connectivity index (χ0v) is 9.55. The fourth-order valence-electron chi connectivity index (χ4n) is 1.66. The first-order valence-electron chi connectivity index (χ1n) is 5.30. The van der Waals surface area contributed by atoms with Crippen LogP contribution in [-0.4, -0.2) is 12.1 Å². The molecule has 0 fully saturated rings. The van der Waals surface area contributed by atoms with Crippen molar-refractivity contribution in [3.63, 3.8) is 0 Å². The van der Waals surface area contributed by atoms with E-state index in [0.717, 1.165) is 16.8 Å². The summed E-state index contributed by atoms with van der Waals surface area (Å²) < 4.78 is 5.18. The van der Waals surface area contributed by atoms with Gasteiger partial charge in [-0.2, -0.15) is 5.26 Å². The Morgan fingerprint density at radius 1 is 1.29 bits per heavy atom. The van der Waals surface area contributed by atoms with Crippen molar-refractivity contribution in [1.82, 2.24) is 4.98 Å². The molecule has 17 heavy (non-hydrogen) atoms. The van der Waals surface area contributed by atoms with E-state index < -0.39 is 0 Å². The van der Waals surface area contributed by atoms with Crippen LogP contribution in [0.3, 0.4) is 0 Å². The summed E-state index contributed by atoms with van der Waals surface area (Å²) in [6.45, 7) is 0. The summed E-state index contributed by atoms with van der Waals surface area (Å²) in [5, 5.41) is 8.78. The number of rotatable bonds is 3. The number of pyridine rings is 1. The second-order valence-electron chi connectivity index (χ2n) is 3.58. The van der Waals surface area contributed by atoms with E-state index >= 15 is 0 Å². The van der Waals surface area contributed by atoms with E-state index in [1.807, 2.05) is 36.4 Å². The number of nitriles is 1. The molecule has 3 heteroatoms. The second-order valence-corrected chi connectivity index (χ2v) is 3.58. The maximum Gasteiger partial charge on any atom is 0.141 e. The molecule has 0 amide bonds. The Bertz CT molecular complexity index is 544. The highest BCUT2D eigenvalue weighted by molar-refractivity contribution is 5.61. The van der Waals surface area contributed by atoms with Crippen molar-refractivity contribution < 1.29 is 4.74 Å². The number of ether oxygens (including phenoxy) is 1. The summed E-state index contributed by atoms with van der Waals surface area (Å²) >= 11 is 0. The van der Waals surface area contributed by atoms with E-state index in [9.17, 15) is 0 Å². The van der Waals surface area contributed by atoms with Gasteiger partial charge >= 0.3 is 0 Å². The van der Waals surface area contributed by atoms with Gasteiger partial charge in [0.15, 0.2) is 0 Å². The third-order valence-corrected chi connectivity index (χ3v) is 2.51. The topological polar surface area (TPSA) is 45.9 Å². The first-order chi connectivity index (χ1) is 8.35. The van der Waals surface area contributed by atoms with Crippen molar-refractivity contribution in [1.29, 1.82) is 5.26 Å². The van der Waals surface area contributed by atoms with Crippen LogP contribution in [0.4, 0.5) is 0 Å². The zero-order valence-electron chi connectivity index (χ0n) is 9.55. The van der Waals surface area contributed by atoms with Crippen LogP contribution in [0.1, 0.15) is 5.56 Å². The standard InChI is InChI=1S/C14H12N2O/c1-17-14-10-16-13(9-12(14)7-8-15)11-5-3-2-4-6-11/h2-6,9-10H,7H2,1H3. The lowest BCUT2D eigenvalue weighted by atomic mass is 10.1. The molecule has 0 aliphatic heterocycles. The molecule has 0 aliphatic carbocycles. The van der Waals surface area contributed by atoms with Gasteiger partial charge in [-0.1, -0.05) is 30.3 Å². The quantitative estimate of drug-likeness (QED) is 0.805. The molecule has 0 aliphatic rings. The molecule has 1 heterocycles. The molecule has 2 aromatic rings. The predicted molar refractivity (Wildman–Crippen MR) is 65.5 cm³/mol. The minimum atomic E-state index is 0.325. The van der Waals surface area contributed by atoms with Crippen molar-refractivity contribution in [2.75, 3.05) is 7.11 Å². The summed E-state index contributed by atoms with van der Waals surface area (Å²) in [5.74, 6) is 0.659. The molecule has 84 valence electrons. The van der Waals surface area contributed by atoms with Crippen molar-refractivity contribution >= 4 is 0 Å². The zero-order chi connectivity index (χ0) is 12.1. The van der Waals surface area contributed by atoms with Crippen LogP contribution in [0.2, 0.25) is 0 Å². The molecule has 0 saturated carbocycles. The maximum atomic E-state index is 8.78. The van der Waals surface area contributed by atoms with Crippen LogP contribution in [0, 0.1) is 11.3 Å². The lowest BCUT2D eigenvalue weighted by Gasteiger charge is -2.07. The van der Waals surface area contributed by atoms with Gasteiger partial charge in [0.2, 0.25) is 0 Å². The Morgan fingerprint density at radius 2 is 2.06 bits per heavy atom. The van der Waals surface area contributed by atoms with E-state index in [-0.39, 0.29) is 0 Å². The third kappa shape index (κ3) is 2.43. The van der Waals surface area contributed by atoms with Crippen LogP contribution in [0.25, 0.3) is 11.3 Å². The van der Waals surface area contributed by atoms with Gasteiger partial charge in [0, 0.05) is 11.1 Å². The SMILES string of the molecule is COc1cnc(-c2ccccc2)cc1CC#N. The number of methoxy groups -OCH3 is 1. The summed E-state index contributed by atoms with van der Waals surface area (Å²) in [7, 11) is 1.58. The molecule has 0 spiro atoms. The number of hydrogen-bond acceptors (Lipinski definition) is 3. The molecule has 0 saturated heterocycles. The monoisotopic (exact) mass is 224 g/mol. The lowest BCUT2D eigenvalue weighted by molar-refractivity contribution is 0.409. The van der Waals surface area contributed by atoms with Crippen LogP contribution in [0.15, 0.2) is 42.6 Å². The van der Waals surface area contributed by atoms with Gasteiger partial charge in [-0.25, -0.2) is 0 Å². The highest BCUT2D eigenvalue weighted by atomic mass is 16.5. The molecule has 0 bridgehead atoms. The third-order valence-electron chi connectivity index (χ3n) is 2.51. The first kappa shape index (κ1) is 11.2. The van der Waals surface area contributed by atoms with Crippen molar-refractivity contribution in [3.05, 3.63) is 48.2 Å². The molecule has 0 unspecified atom stereocenters. The van der Waals surface area contributed by atoms with Gasteiger partial charge in [0.25, 0.3) is 0 Å². The molecule has 3 nitrogen and oxygen atoms in total. The van der Waals surface area contributed by atoms with Crippen molar-refractivity contribution in [2.45, 2.75) is 6.42 Å². The van der Waals surface area contributed by atoms with Gasteiger partial charge in [0.05, 0.1) is 31.5 Å². The summed E-state index contributed by atoms with van der Waals surface area (Å²) in [6, 6.07) is 13.9. The molecule has 0 radical (unpaired) electrons. The van der Waals surface area contributed by atoms with E-state index in [1.54, 1.807) is 13.3 Å². The van der Waals surface area contributed by atoms with E-state index in [2.05, 4.69) is 11.1 Å². The number of aromatic nitrogens is 1. The van der Waals surface area contributed by atoms with Crippen molar-refractivity contribution in [3.8, 4) is 23.1 Å². The Morgan fingerprint density at radius 3 is 2.71 bits per heavy atom.